The molecule has 1 aromatic carbocycles. The smallest absolute Gasteiger partial charge is 0.406 e. The van der Waals surface area contributed by atoms with E-state index in [0.717, 1.165) is 19.6 Å². The van der Waals surface area contributed by atoms with Gasteiger partial charge in [-0.05, 0) is 42.0 Å². The Kier molecular flexibility index (Phi) is 5.48. The molecule has 2 aliphatic rings. The monoisotopic (exact) mass is 422 g/mol. The third kappa shape index (κ3) is 4.61. The number of rotatable bonds is 7. The van der Waals surface area contributed by atoms with Crippen LogP contribution in [0.15, 0.2) is 36.8 Å². The summed E-state index contributed by atoms with van der Waals surface area (Å²) >= 11 is 0. The number of halogens is 3. The van der Waals surface area contributed by atoms with Crippen LogP contribution in [0.2, 0.25) is 0 Å². The van der Waals surface area contributed by atoms with Gasteiger partial charge in [-0.15, -0.1) is 13.2 Å². The number of ether oxygens (including phenoxy) is 1. The van der Waals surface area contributed by atoms with E-state index in [1.807, 2.05) is 0 Å². The first kappa shape index (κ1) is 20.7. The van der Waals surface area contributed by atoms with Gasteiger partial charge in [-0.2, -0.15) is 0 Å². The molecule has 4 rings (SSSR count). The van der Waals surface area contributed by atoms with Crippen molar-refractivity contribution in [3.8, 4) is 5.75 Å². The van der Waals surface area contributed by atoms with E-state index in [9.17, 15) is 18.0 Å². The highest BCUT2D eigenvalue weighted by Crippen LogP contribution is 2.52. The van der Waals surface area contributed by atoms with Gasteiger partial charge in [0.05, 0.1) is 6.33 Å². The predicted octanol–water partition coefficient (Wildman–Crippen LogP) is 3.16. The van der Waals surface area contributed by atoms with Crippen molar-refractivity contribution < 1.29 is 22.7 Å². The van der Waals surface area contributed by atoms with Crippen LogP contribution in [0.1, 0.15) is 23.0 Å². The molecule has 30 heavy (non-hydrogen) atoms. The first-order chi connectivity index (χ1) is 14.2. The Hall–Kier alpha value is -2.55. The van der Waals surface area contributed by atoms with Crippen LogP contribution in [0.25, 0.3) is 0 Å². The summed E-state index contributed by atoms with van der Waals surface area (Å²) in [5.41, 5.74) is 0.920. The lowest BCUT2D eigenvalue weighted by atomic mass is 10.1. The van der Waals surface area contributed by atoms with Crippen molar-refractivity contribution in [2.75, 3.05) is 26.2 Å². The molecule has 3 atom stereocenters. The summed E-state index contributed by atoms with van der Waals surface area (Å²) in [5.74, 6) is 1.10. The number of imidazole rings is 1. The number of benzene rings is 1. The quantitative estimate of drug-likeness (QED) is 0.688. The summed E-state index contributed by atoms with van der Waals surface area (Å²) in [7, 11) is 1.79. The van der Waals surface area contributed by atoms with Crippen LogP contribution in [0, 0.1) is 17.8 Å². The Bertz CT molecular complexity index is 902. The standard InChI is InChI=1S/C21H25F3N4O2/c1-3-27-9-16-17(10-27)18(16)11-28(20(29)19-12-26(2)13-25-19)8-14-5-4-6-15(7-14)30-21(22,23)24/h4-7,12-13,16-18H,3,8-11H2,1-2H3/t16-,17+,18?. The fraction of sp³-hybridized carbons (Fsp3) is 0.524. The third-order valence-corrected chi connectivity index (χ3v) is 6.04. The Labute approximate surface area is 173 Å². The topological polar surface area (TPSA) is 50.6 Å². The van der Waals surface area contributed by atoms with Gasteiger partial charge in [-0.3, -0.25) is 4.79 Å². The van der Waals surface area contributed by atoms with E-state index in [0.29, 0.717) is 35.6 Å². The Morgan fingerprint density at radius 2 is 2.03 bits per heavy atom. The first-order valence-corrected chi connectivity index (χ1v) is 10.1. The van der Waals surface area contributed by atoms with Crippen LogP contribution in [0.5, 0.6) is 5.75 Å². The maximum Gasteiger partial charge on any atom is 0.573 e. The molecule has 1 amide bonds. The molecular weight excluding hydrogens is 397 g/mol. The lowest BCUT2D eigenvalue weighted by Gasteiger charge is -2.25. The maximum absolute atomic E-state index is 13.1. The van der Waals surface area contributed by atoms with Crippen LogP contribution in [-0.4, -0.2) is 57.8 Å². The zero-order chi connectivity index (χ0) is 21.5. The average Bonchev–Trinajstić information content (AvgIpc) is 3.03. The molecule has 1 saturated heterocycles. The Morgan fingerprint density at radius 3 is 2.63 bits per heavy atom. The normalized spacial score (nSPS) is 23.3. The first-order valence-electron chi connectivity index (χ1n) is 10.1. The minimum absolute atomic E-state index is 0.206. The van der Waals surface area contributed by atoms with E-state index in [1.54, 1.807) is 35.1 Å². The highest BCUT2D eigenvalue weighted by atomic mass is 19.4. The number of likely N-dealkylation sites (tertiary alicyclic amines) is 1. The summed E-state index contributed by atoms with van der Waals surface area (Å²) in [6, 6.07) is 5.80. The van der Waals surface area contributed by atoms with Gasteiger partial charge in [0.15, 0.2) is 0 Å². The number of amides is 1. The molecule has 2 heterocycles. The molecule has 162 valence electrons. The average molecular weight is 422 g/mol. The minimum atomic E-state index is -4.75. The SMILES string of the molecule is CCN1C[C@@H]2C(CN(Cc3cccc(OC(F)(F)F)c3)C(=O)c3cn(C)cn3)[C@@H]2C1. The lowest BCUT2D eigenvalue weighted by Crippen LogP contribution is -2.35. The number of hydrogen-bond donors (Lipinski definition) is 0. The van der Waals surface area contributed by atoms with Crippen LogP contribution < -0.4 is 4.74 Å². The predicted molar refractivity (Wildman–Crippen MR) is 104 cm³/mol. The molecule has 1 aliphatic carbocycles. The van der Waals surface area contributed by atoms with Gasteiger partial charge in [-0.1, -0.05) is 19.1 Å². The van der Waals surface area contributed by atoms with Crippen molar-refractivity contribution >= 4 is 5.91 Å². The minimum Gasteiger partial charge on any atom is -0.406 e. The second-order valence-corrected chi connectivity index (χ2v) is 8.15. The van der Waals surface area contributed by atoms with E-state index in [4.69, 9.17) is 0 Å². The molecule has 0 N–H and O–H groups in total. The van der Waals surface area contributed by atoms with Gasteiger partial charge in [-0.25, -0.2) is 4.98 Å². The second kappa shape index (κ2) is 7.94. The van der Waals surface area contributed by atoms with Crippen LogP contribution >= 0.6 is 0 Å². The fourth-order valence-corrected chi connectivity index (χ4v) is 4.49. The number of fused-ring (bicyclic) bond motifs is 1. The molecule has 2 aromatic rings. The van der Waals surface area contributed by atoms with Gasteiger partial charge in [0.1, 0.15) is 11.4 Å². The van der Waals surface area contributed by atoms with Crippen LogP contribution in [0.3, 0.4) is 0 Å². The number of aryl methyl sites for hydroxylation is 1. The number of aromatic nitrogens is 2. The molecule has 0 spiro atoms. The lowest BCUT2D eigenvalue weighted by molar-refractivity contribution is -0.274. The molecule has 6 nitrogen and oxygen atoms in total. The van der Waals surface area contributed by atoms with Gasteiger partial charge in [0, 0.05) is 39.4 Å². The van der Waals surface area contributed by atoms with E-state index in [1.165, 1.54) is 18.2 Å². The van der Waals surface area contributed by atoms with Crippen LogP contribution in [-0.2, 0) is 13.6 Å². The molecule has 0 radical (unpaired) electrons. The zero-order valence-corrected chi connectivity index (χ0v) is 17.0. The molecule has 1 saturated carbocycles. The molecule has 9 heteroatoms. The van der Waals surface area contributed by atoms with Gasteiger partial charge < -0.3 is 19.1 Å². The highest BCUT2D eigenvalue weighted by molar-refractivity contribution is 5.92. The molecule has 2 fully saturated rings. The largest absolute Gasteiger partial charge is 0.573 e. The summed E-state index contributed by atoms with van der Waals surface area (Å²) < 4.78 is 43.4. The number of hydrogen-bond acceptors (Lipinski definition) is 4. The summed E-state index contributed by atoms with van der Waals surface area (Å²) in [6.45, 7) is 6.05. The number of nitrogens with zero attached hydrogens (tertiary/aromatic N) is 4. The van der Waals surface area contributed by atoms with Gasteiger partial charge in [0.25, 0.3) is 5.91 Å². The maximum atomic E-state index is 13.1. The van der Waals surface area contributed by atoms with Crippen molar-refractivity contribution in [1.29, 1.82) is 0 Å². The third-order valence-electron chi connectivity index (χ3n) is 6.04. The van der Waals surface area contributed by atoms with E-state index < -0.39 is 6.36 Å². The van der Waals surface area contributed by atoms with Crippen molar-refractivity contribution in [1.82, 2.24) is 19.4 Å². The number of piperidine rings is 1. The second-order valence-electron chi connectivity index (χ2n) is 8.15. The van der Waals surface area contributed by atoms with E-state index in [2.05, 4.69) is 21.5 Å². The van der Waals surface area contributed by atoms with Crippen LogP contribution in [0.4, 0.5) is 13.2 Å². The van der Waals surface area contributed by atoms with E-state index >= 15 is 0 Å². The van der Waals surface area contributed by atoms with E-state index in [-0.39, 0.29) is 18.2 Å². The molecule has 1 aromatic heterocycles. The molecule has 0 bridgehead atoms. The van der Waals surface area contributed by atoms with Gasteiger partial charge >= 0.3 is 6.36 Å². The van der Waals surface area contributed by atoms with Crippen molar-refractivity contribution in [3.63, 3.8) is 0 Å². The summed E-state index contributed by atoms with van der Waals surface area (Å²) in [5, 5.41) is 0. The Morgan fingerprint density at radius 1 is 1.30 bits per heavy atom. The molecular formula is C21H25F3N4O2. The summed E-state index contributed by atoms with van der Waals surface area (Å²) in [4.78, 5) is 21.4. The van der Waals surface area contributed by atoms with Crippen molar-refractivity contribution in [2.24, 2.45) is 24.8 Å². The summed E-state index contributed by atoms with van der Waals surface area (Å²) in [6.07, 6.45) is -1.53. The number of alkyl halides is 3. The fourth-order valence-electron chi connectivity index (χ4n) is 4.49. The number of carbonyl (C=O) groups excluding carboxylic acids is 1. The number of carbonyl (C=O) groups is 1. The van der Waals surface area contributed by atoms with Gasteiger partial charge in [0.2, 0.25) is 0 Å². The van der Waals surface area contributed by atoms with Crippen molar-refractivity contribution in [3.05, 3.63) is 48.0 Å². The zero-order valence-electron chi connectivity index (χ0n) is 17.0. The molecule has 1 aliphatic heterocycles. The Balaban J connectivity index is 1.49. The molecule has 1 unspecified atom stereocenters. The highest BCUT2D eigenvalue weighted by Gasteiger charge is 2.55. The van der Waals surface area contributed by atoms with Crippen molar-refractivity contribution in [2.45, 2.75) is 19.8 Å².